The molecule has 2 heteroatoms. The van der Waals surface area contributed by atoms with Gasteiger partial charge in [0.2, 0.25) is 0 Å². The fourth-order valence-electron chi connectivity index (χ4n) is 4.07. The summed E-state index contributed by atoms with van der Waals surface area (Å²) >= 11 is 1.85. The summed E-state index contributed by atoms with van der Waals surface area (Å²) in [4.78, 5) is 0. The zero-order valence-electron chi connectivity index (χ0n) is 15.9. The highest BCUT2D eigenvalue weighted by molar-refractivity contribution is 7.26. The summed E-state index contributed by atoms with van der Waals surface area (Å²) in [5, 5.41) is 12.6. The molecule has 138 valence electrons. The molecule has 0 fully saturated rings. The molecule has 4 aromatic carbocycles. The summed E-state index contributed by atoms with van der Waals surface area (Å²) in [6.45, 7) is 3.90. The fraction of sp³-hybridized carbons (Fsp3) is 0. The highest BCUT2D eigenvalue weighted by Crippen LogP contribution is 2.42. The first-order valence-corrected chi connectivity index (χ1v) is 10.4. The molecule has 1 heterocycles. The Hall–Kier alpha value is -3.49. The Morgan fingerprint density at radius 1 is 0.793 bits per heavy atom. The highest BCUT2D eigenvalue weighted by Gasteiger charge is 2.13. The van der Waals surface area contributed by atoms with E-state index < -0.39 is 0 Å². The Bertz CT molecular complexity index is 1440. The van der Waals surface area contributed by atoms with Gasteiger partial charge in [0.1, 0.15) is 0 Å². The smallest absolute Gasteiger partial charge is 0.0368 e. The van der Waals surface area contributed by atoms with Crippen molar-refractivity contribution in [2.45, 2.75) is 0 Å². The maximum atomic E-state index is 7.41. The van der Waals surface area contributed by atoms with Crippen molar-refractivity contribution in [3.8, 4) is 11.1 Å². The van der Waals surface area contributed by atoms with Crippen molar-refractivity contribution >= 4 is 54.1 Å². The van der Waals surface area contributed by atoms with Crippen molar-refractivity contribution in [2.75, 3.05) is 0 Å². The third-order valence-corrected chi connectivity index (χ3v) is 6.49. The number of hydrogen-bond donors (Lipinski definition) is 1. The third kappa shape index (κ3) is 2.89. The fourth-order valence-corrected chi connectivity index (χ4v) is 5.23. The van der Waals surface area contributed by atoms with Crippen LogP contribution in [0.5, 0.6) is 0 Å². The van der Waals surface area contributed by atoms with Gasteiger partial charge in [0.05, 0.1) is 0 Å². The summed E-state index contributed by atoms with van der Waals surface area (Å²) in [7, 11) is 0. The minimum Gasteiger partial charge on any atom is -0.309 e. The molecule has 1 aromatic heterocycles. The van der Waals surface area contributed by atoms with Gasteiger partial charge in [0, 0.05) is 26.4 Å². The van der Waals surface area contributed by atoms with Gasteiger partial charge in [0.15, 0.2) is 0 Å². The molecular weight excluding hydrogens is 370 g/mol. The highest BCUT2D eigenvalue weighted by atomic mass is 32.1. The van der Waals surface area contributed by atoms with Crippen molar-refractivity contribution in [1.82, 2.24) is 0 Å². The molecule has 0 aliphatic carbocycles. The maximum absolute atomic E-state index is 7.41. The summed E-state index contributed by atoms with van der Waals surface area (Å²) < 4.78 is 2.63. The molecule has 29 heavy (non-hydrogen) atoms. The van der Waals surface area contributed by atoms with Crippen LogP contribution in [-0.4, -0.2) is 6.21 Å². The monoisotopic (exact) mass is 389 g/mol. The van der Waals surface area contributed by atoms with Gasteiger partial charge >= 0.3 is 0 Å². The number of nitrogens with one attached hydrogen (secondary N) is 1. The zero-order valence-corrected chi connectivity index (χ0v) is 16.7. The molecule has 0 atom stereocenters. The van der Waals surface area contributed by atoms with E-state index in [1.165, 1.54) is 48.3 Å². The molecule has 0 amide bonds. The molecule has 0 aliphatic rings. The molecule has 0 bridgehead atoms. The van der Waals surface area contributed by atoms with Crippen LogP contribution in [-0.2, 0) is 0 Å². The summed E-state index contributed by atoms with van der Waals surface area (Å²) in [6.07, 6.45) is 4.89. The van der Waals surface area contributed by atoms with E-state index in [2.05, 4.69) is 85.4 Å². The molecule has 0 aliphatic heterocycles. The molecule has 5 rings (SSSR count). The van der Waals surface area contributed by atoms with Gasteiger partial charge in [-0.15, -0.1) is 11.3 Å². The zero-order chi connectivity index (χ0) is 19.8. The minimum atomic E-state index is 0.953. The molecule has 0 saturated heterocycles. The van der Waals surface area contributed by atoms with Gasteiger partial charge in [-0.1, -0.05) is 73.3 Å². The van der Waals surface area contributed by atoms with E-state index in [0.717, 1.165) is 11.1 Å². The Kier molecular flexibility index (Phi) is 4.34. The average molecular weight is 390 g/mol. The number of benzene rings is 4. The lowest BCUT2D eigenvalue weighted by Gasteiger charge is -2.11. The van der Waals surface area contributed by atoms with Crippen molar-refractivity contribution < 1.29 is 0 Å². The second-order valence-electron chi connectivity index (χ2n) is 7.01. The van der Waals surface area contributed by atoms with E-state index in [4.69, 9.17) is 5.41 Å². The van der Waals surface area contributed by atoms with E-state index in [9.17, 15) is 0 Å². The Labute approximate surface area is 173 Å². The van der Waals surface area contributed by atoms with Gasteiger partial charge < -0.3 is 5.41 Å². The quantitative estimate of drug-likeness (QED) is 0.237. The number of thiophene rings is 1. The number of hydrogen-bond acceptors (Lipinski definition) is 2. The third-order valence-electron chi connectivity index (χ3n) is 5.37. The lowest BCUT2D eigenvalue weighted by molar-refractivity contribution is 1.57. The molecule has 0 saturated carbocycles. The number of fused-ring (bicyclic) bond motifs is 5. The molecule has 5 aromatic rings. The van der Waals surface area contributed by atoms with Gasteiger partial charge in [-0.05, 0) is 57.3 Å². The lowest BCUT2D eigenvalue weighted by atomic mass is 9.93. The van der Waals surface area contributed by atoms with Crippen molar-refractivity contribution in [3.63, 3.8) is 0 Å². The van der Waals surface area contributed by atoms with Crippen molar-refractivity contribution in [1.29, 1.82) is 5.41 Å². The first-order chi connectivity index (χ1) is 14.3. The minimum absolute atomic E-state index is 0.953. The van der Waals surface area contributed by atoms with Gasteiger partial charge in [-0.25, -0.2) is 0 Å². The Morgan fingerprint density at radius 3 is 2.34 bits per heavy atom. The SMILES string of the molecule is C=C/C(=C\C=N)c1cccc(-c2cc3sc4ccccc4c3c3ccccc23)c1. The largest absolute Gasteiger partial charge is 0.309 e. The van der Waals surface area contributed by atoms with Gasteiger partial charge in [0.25, 0.3) is 0 Å². The van der Waals surface area contributed by atoms with Crippen LogP contribution in [0.3, 0.4) is 0 Å². The van der Waals surface area contributed by atoms with Crippen LogP contribution in [0.4, 0.5) is 0 Å². The standard InChI is InChI=1S/C27H19NS/c1-2-18(14-15-28)19-8-7-9-20(16-19)24-17-26-27(22-11-4-3-10-21(22)24)23-12-5-6-13-25(23)29-26/h2-17,28H,1H2/b18-14+,28-15?. The predicted octanol–water partition coefficient (Wildman–Crippen LogP) is 8.09. The number of rotatable bonds is 4. The topological polar surface area (TPSA) is 23.9 Å². The molecular formula is C27H19NS. The van der Waals surface area contributed by atoms with Crippen molar-refractivity contribution in [3.05, 3.63) is 103 Å². The van der Waals surface area contributed by atoms with E-state index in [-0.39, 0.29) is 0 Å². The van der Waals surface area contributed by atoms with E-state index in [1.807, 2.05) is 11.3 Å². The van der Waals surface area contributed by atoms with Crippen LogP contribution in [0.15, 0.2) is 97.6 Å². The lowest BCUT2D eigenvalue weighted by Crippen LogP contribution is -1.86. The normalized spacial score (nSPS) is 11.9. The number of allylic oxidation sites excluding steroid dienone is 3. The Morgan fingerprint density at radius 2 is 1.55 bits per heavy atom. The second-order valence-corrected chi connectivity index (χ2v) is 8.10. The first-order valence-electron chi connectivity index (χ1n) is 9.57. The van der Waals surface area contributed by atoms with Gasteiger partial charge in [-0.2, -0.15) is 0 Å². The Balaban J connectivity index is 1.84. The van der Waals surface area contributed by atoms with Crippen LogP contribution in [0.25, 0.3) is 47.6 Å². The molecule has 0 unspecified atom stereocenters. The summed E-state index contributed by atoms with van der Waals surface area (Å²) in [5.41, 5.74) is 4.44. The average Bonchev–Trinajstić information content (AvgIpc) is 3.15. The van der Waals surface area contributed by atoms with Crippen LogP contribution in [0.2, 0.25) is 0 Å². The maximum Gasteiger partial charge on any atom is 0.0368 e. The molecule has 1 nitrogen and oxygen atoms in total. The van der Waals surface area contributed by atoms with Crippen LogP contribution < -0.4 is 0 Å². The van der Waals surface area contributed by atoms with E-state index in [1.54, 1.807) is 12.2 Å². The van der Waals surface area contributed by atoms with Crippen LogP contribution >= 0.6 is 11.3 Å². The van der Waals surface area contributed by atoms with E-state index in [0.29, 0.717) is 0 Å². The van der Waals surface area contributed by atoms with Crippen LogP contribution in [0.1, 0.15) is 5.56 Å². The van der Waals surface area contributed by atoms with Crippen LogP contribution in [0, 0.1) is 5.41 Å². The molecule has 0 spiro atoms. The van der Waals surface area contributed by atoms with Crippen molar-refractivity contribution in [2.24, 2.45) is 0 Å². The molecule has 0 radical (unpaired) electrons. The first kappa shape index (κ1) is 17.6. The predicted molar refractivity (Wildman–Crippen MR) is 129 cm³/mol. The van der Waals surface area contributed by atoms with Gasteiger partial charge in [-0.3, -0.25) is 0 Å². The summed E-state index contributed by atoms with van der Waals surface area (Å²) in [5.74, 6) is 0. The molecule has 1 N–H and O–H groups in total. The van der Waals surface area contributed by atoms with E-state index >= 15 is 0 Å². The second kappa shape index (κ2) is 7.16. The summed E-state index contributed by atoms with van der Waals surface area (Å²) in [6, 6.07) is 28.2.